The van der Waals surface area contributed by atoms with E-state index in [9.17, 15) is 0 Å². The molecule has 0 atom stereocenters. The molecule has 2 aromatic heterocycles. The van der Waals surface area contributed by atoms with Gasteiger partial charge in [0, 0.05) is 29.4 Å². The van der Waals surface area contributed by atoms with Gasteiger partial charge < -0.3 is 5.32 Å². The molecule has 2 aromatic rings. The molecular weight excluding hydrogens is 244 g/mol. The summed E-state index contributed by atoms with van der Waals surface area (Å²) in [6.45, 7) is 8.32. The molecule has 5 heteroatoms. The monoisotopic (exact) mass is 262 g/mol. The molecule has 4 nitrogen and oxygen atoms in total. The SMILES string of the molecule is CNc1nc(-c2nc(C)cs2)nc(C)c1C(C)C. The second-order valence-corrected chi connectivity index (χ2v) is 5.45. The largest absolute Gasteiger partial charge is 0.373 e. The Kier molecular flexibility index (Phi) is 3.61. The Balaban J connectivity index is 2.55. The molecule has 0 saturated heterocycles. The number of nitrogens with one attached hydrogen (secondary N) is 1. The molecule has 18 heavy (non-hydrogen) atoms. The van der Waals surface area contributed by atoms with Crippen LogP contribution < -0.4 is 5.32 Å². The molecule has 0 radical (unpaired) electrons. The first-order valence-electron chi connectivity index (χ1n) is 6.01. The maximum Gasteiger partial charge on any atom is 0.190 e. The summed E-state index contributed by atoms with van der Waals surface area (Å²) in [5.41, 5.74) is 3.21. The van der Waals surface area contributed by atoms with Crippen molar-refractivity contribution in [3.05, 3.63) is 22.3 Å². The van der Waals surface area contributed by atoms with E-state index in [1.54, 1.807) is 11.3 Å². The number of thiazole rings is 1. The third-order valence-corrected chi connectivity index (χ3v) is 3.72. The average molecular weight is 262 g/mol. The highest BCUT2D eigenvalue weighted by molar-refractivity contribution is 7.13. The zero-order valence-corrected chi connectivity index (χ0v) is 12.2. The van der Waals surface area contributed by atoms with Gasteiger partial charge in [-0.25, -0.2) is 15.0 Å². The van der Waals surface area contributed by atoms with Gasteiger partial charge in [-0.3, -0.25) is 0 Å². The van der Waals surface area contributed by atoms with E-state index in [2.05, 4.69) is 34.1 Å². The number of rotatable bonds is 3. The van der Waals surface area contributed by atoms with Crippen LogP contribution in [0, 0.1) is 13.8 Å². The van der Waals surface area contributed by atoms with E-state index >= 15 is 0 Å². The minimum Gasteiger partial charge on any atom is -0.373 e. The number of nitrogens with zero attached hydrogens (tertiary/aromatic N) is 3. The molecular formula is C13H18N4S. The Morgan fingerprint density at radius 2 is 1.89 bits per heavy atom. The van der Waals surface area contributed by atoms with Crippen molar-refractivity contribution in [3.63, 3.8) is 0 Å². The highest BCUT2D eigenvalue weighted by atomic mass is 32.1. The fraction of sp³-hybridized carbons (Fsp3) is 0.462. The van der Waals surface area contributed by atoms with Crippen LogP contribution in [-0.2, 0) is 0 Å². The van der Waals surface area contributed by atoms with Crippen LogP contribution >= 0.6 is 11.3 Å². The second-order valence-electron chi connectivity index (χ2n) is 4.59. The summed E-state index contributed by atoms with van der Waals surface area (Å²) in [5.74, 6) is 2.01. The third kappa shape index (κ3) is 2.36. The maximum atomic E-state index is 4.58. The smallest absolute Gasteiger partial charge is 0.190 e. The summed E-state index contributed by atoms with van der Waals surface area (Å²) in [7, 11) is 1.89. The second kappa shape index (κ2) is 5.02. The summed E-state index contributed by atoms with van der Waals surface area (Å²) < 4.78 is 0. The van der Waals surface area contributed by atoms with E-state index in [-0.39, 0.29) is 0 Å². The van der Waals surface area contributed by atoms with Crippen LogP contribution in [0.4, 0.5) is 5.82 Å². The van der Waals surface area contributed by atoms with E-state index in [0.717, 1.165) is 22.2 Å². The van der Waals surface area contributed by atoms with Crippen molar-refractivity contribution in [1.82, 2.24) is 15.0 Å². The van der Waals surface area contributed by atoms with Crippen LogP contribution in [0.15, 0.2) is 5.38 Å². The summed E-state index contributed by atoms with van der Waals surface area (Å²) in [4.78, 5) is 13.6. The number of aryl methyl sites for hydroxylation is 2. The Morgan fingerprint density at radius 3 is 2.39 bits per heavy atom. The van der Waals surface area contributed by atoms with E-state index in [4.69, 9.17) is 0 Å². The molecule has 1 N–H and O–H groups in total. The van der Waals surface area contributed by atoms with Crippen molar-refractivity contribution in [3.8, 4) is 10.8 Å². The highest BCUT2D eigenvalue weighted by Gasteiger charge is 2.16. The van der Waals surface area contributed by atoms with Crippen LogP contribution in [0.3, 0.4) is 0 Å². The van der Waals surface area contributed by atoms with Gasteiger partial charge in [-0.15, -0.1) is 11.3 Å². The molecule has 0 aliphatic rings. The number of anilines is 1. The fourth-order valence-electron chi connectivity index (χ4n) is 2.02. The molecule has 0 aromatic carbocycles. The lowest BCUT2D eigenvalue weighted by Crippen LogP contribution is -2.06. The number of aromatic nitrogens is 3. The zero-order valence-electron chi connectivity index (χ0n) is 11.4. The average Bonchev–Trinajstić information content (AvgIpc) is 2.74. The van der Waals surface area contributed by atoms with Crippen molar-refractivity contribution in [2.75, 3.05) is 12.4 Å². The van der Waals surface area contributed by atoms with Crippen LogP contribution in [0.2, 0.25) is 0 Å². The van der Waals surface area contributed by atoms with Crippen molar-refractivity contribution in [2.24, 2.45) is 0 Å². The van der Waals surface area contributed by atoms with E-state index in [1.165, 1.54) is 5.56 Å². The standard InChI is InChI=1S/C13H18N4S/c1-7(2)10-9(4)16-12(17-11(10)14-5)13-15-8(3)6-18-13/h6-7H,1-5H3,(H,14,16,17). The van der Waals surface area contributed by atoms with Crippen molar-refractivity contribution >= 4 is 17.2 Å². The first kappa shape index (κ1) is 13.0. The third-order valence-electron chi connectivity index (χ3n) is 2.76. The van der Waals surface area contributed by atoms with Crippen LogP contribution in [0.1, 0.15) is 36.7 Å². The first-order chi connectivity index (χ1) is 8.52. The first-order valence-corrected chi connectivity index (χ1v) is 6.89. The van der Waals surface area contributed by atoms with E-state index in [0.29, 0.717) is 11.7 Å². The highest BCUT2D eigenvalue weighted by Crippen LogP contribution is 2.28. The van der Waals surface area contributed by atoms with Crippen molar-refractivity contribution < 1.29 is 0 Å². The molecule has 96 valence electrons. The van der Waals surface area contributed by atoms with Gasteiger partial charge in [0.05, 0.1) is 0 Å². The van der Waals surface area contributed by atoms with Crippen LogP contribution in [0.25, 0.3) is 10.8 Å². The zero-order chi connectivity index (χ0) is 13.3. The van der Waals surface area contributed by atoms with Crippen LogP contribution in [-0.4, -0.2) is 22.0 Å². The lowest BCUT2D eigenvalue weighted by molar-refractivity contribution is 0.833. The summed E-state index contributed by atoms with van der Waals surface area (Å²) in [6, 6.07) is 0. The molecule has 0 fully saturated rings. The predicted octanol–water partition coefficient (Wildman–Crippen LogP) is 3.38. The minimum atomic E-state index is 0.402. The Morgan fingerprint density at radius 1 is 1.17 bits per heavy atom. The topological polar surface area (TPSA) is 50.7 Å². The number of hydrogen-bond acceptors (Lipinski definition) is 5. The fourth-order valence-corrected chi connectivity index (χ4v) is 2.74. The van der Waals surface area contributed by atoms with Gasteiger partial charge in [0.1, 0.15) is 5.82 Å². The Hall–Kier alpha value is -1.49. The number of hydrogen-bond donors (Lipinski definition) is 1. The van der Waals surface area contributed by atoms with Crippen molar-refractivity contribution in [1.29, 1.82) is 0 Å². The van der Waals surface area contributed by atoms with E-state index < -0.39 is 0 Å². The molecule has 2 heterocycles. The molecule has 0 amide bonds. The van der Waals surface area contributed by atoms with Gasteiger partial charge >= 0.3 is 0 Å². The predicted molar refractivity (Wildman–Crippen MR) is 76.2 cm³/mol. The molecule has 0 bridgehead atoms. The van der Waals surface area contributed by atoms with Gasteiger partial charge in [-0.2, -0.15) is 0 Å². The molecule has 0 unspecified atom stereocenters. The summed E-state index contributed by atoms with van der Waals surface area (Å²) in [6.07, 6.45) is 0. The van der Waals surface area contributed by atoms with Gasteiger partial charge in [0.15, 0.2) is 10.8 Å². The minimum absolute atomic E-state index is 0.402. The van der Waals surface area contributed by atoms with Gasteiger partial charge in [-0.1, -0.05) is 13.8 Å². The van der Waals surface area contributed by atoms with Crippen LogP contribution in [0.5, 0.6) is 0 Å². The van der Waals surface area contributed by atoms with Crippen molar-refractivity contribution in [2.45, 2.75) is 33.6 Å². The molecule has 2 rings (SSSR count). The quantitative estimate of drug-likeness (QED) is 0.921. The Labute approximate surface area is 112 Å². The summed E-state index contributed by atoms with van der Waals surface area (Å²) in [5, 5.41) is 6.05. The Bertz CT molecular complexity index is 560. The molecule has 0 saturated carbocycles. The maximum absolute atomic E-state index is 4.58. The van der Waals surface area contributed by atoms with Gasteiger partial charge in [-0.05, 0) is 19.8 Å². The molecule has 0 aliphatic heterocycles. The molecule has 0 aliphatic carbocycles. The summed E-state index contributed by atoms with van der Waals surface area (Å²) >= 11 is 1.58. The van der Waals surface area contributed by atoms with E-state index in [1.807, 2.05) is 26.3 Å². The van der Waals surface area contributed by atoms with Gasteiger partial charge in [0.25, 0.3) is 0 Å². The normalized spacial score (nSPS) is 11.0. The van der Waals surface area contributed by atoms with Gasteiger partial charge in [0.2, 0.25) is 0 Å². The lowest BCUT2D eigenvalue weighted by atomic mass is 10.0. The molecule has 0 spiro atoms. The lowest BCUT2D eigenvalue weighted by Gasteiger charge is -2.14.